The Hall–Kier alpha value is -1.40. The lowest BCUT2D eigenvalue weighted by Crippen LogP contribution is -2.03. The largest absolute Gasteiger partial charge is 0.495 e. The van der Waals surface area contributed by atoms with Crippen molar-refractivity contribution in [2.24, 2.45) is 0 Å². The van der Waals surface area contributed by atoms with Crippen LogP contribution in [0.25, 0.3) is 0 Å². The molecule has 1 aromatic carbocycles. The maximum absolute atomic E-state index is 12.4. The van der Waals surface area contributed by atoms with Crippen LogP contribution in [0.3, 0.4) is 0 Å². The van der Waals surface area contributed by atoms with Gasteiger partial charge in [-0.15, -0.1) is 11.3 Å². The Kier molecular flexibility index (Phi) is 4.21. The van der Waals surface area contributed by atoms with E-state index in [1.165, 1.54) is 18.4 Å². The molecule has 0 amide bonds. The SMILES string of the molecule is COc1ccc(C(=O)c2cnc(C)s2)c(OC)c1Br. The van der Waals surface area contributed by atoms with Crippen molar-refractivity contribution >= 4 is 33.0 Å². The van der Waals surface area contributed by atoms with E-state index in [2.05, 4.69) is 20.9 Å². The quantitative estimate of drug-likeness (QED) is 0.799. The van der Waals surface area contributed by atoms with Gasteiger partial charge in [0, 0.05) is 6.20 Å². The first-order valence-corrected chi connectivity index (χ1v) is 7.07. The zero-order chi connectivity index (χ0) is 14.0. The van der Waals surface area contributed by atoms with Crippen LogP contribution in [0.1, 0.15) is 20.2 Å². The fraction of sp³-hybridized carbons (Fsp3) is 0.231. The summed E-state index contributed by atoms with van der Waals surface area (Å²) in [6.07, 6.45) is 1.58. The molecule has 2 rings (SSSR count). The lowest BCUT2D eigenvalue weighted by molar-refractivity contribution is 0.103. The van der Waals surface area contributed by atoms with Gasteiger partial charge in [-0.25, -0.2) is 4.98 Å². The van der Waals surface area contributed by atoms with Gasteiger partial charge in [0.15, 0.2) is 0 Å². The summed E-state index contributed by atoms with van der Waals surface area (Å²) in [6, 6.07) is 3.42. The smallest absolute Gasteiger partial charge is 0.208 e. The van der Waals surface area contributed by atoms with Crippen LogP contribution in [0.2, 0.25) is 0 Å². The topological polar surface area (TPSA) is 48.4 Å². The Morgan fingerprint density at radius 2 is 2.05 bits per heavy atom. The molecular formula is C13H12BrNO3S. The number of rotatable bonds is 4. The number of carbonyl (C=O) groups excluding carboxylic acids is 1. The van der Waals surface area contributed by atoms with E-state index in [1.54, 1.807) is 25.4 Å². The molecule has 0 aliphatic carbocycles. The number of hydrogen-bond acceptors (Lipinski definition) is 5. The van der Waals surface area contributed by atoms with Crippen LogP contribution in [0.15, 0.2) is 22.8 Å². The summed E-state index contributed by atoms with van der Waals surface area (Å²) in [4.78, 5) is 17.1. The molecule has 2 aromatic rings. The lowest BCUT2D eigenvalue weighted by Gasteiger charge is -2.11. The van der Waals surface area contributed by atoms with Gasteiger partial charge in [0.25, 0.3) is 0 Å². The van der Waals surface area contributed by atoms with Gasteiger partial charge in [-0.3, -0.25) is 4.79 Å². The van der Waals surface area contributed by atoms with Crippen molar-refractivity contribution in [3.63, 3.8) is 0 Å². The van der Waals surface area contributed by atoms with E-state index in [0.717, 1.165) is 5.01 Å². The van der Waals surface area contributed by atoms with Crippen molar-refractivity contribution in [2.45, 2.75) is 6.92 Å². The molecule has 1 aromatic heterocycles. The molecular weight excluding hydrogens is 330 g/mol. The zero-order valence-electron chi connectivity index (χ0n) is 10.7. The highest BCUT2D eigenvalue weighted by Gasteiger charge is 2.20. The number of methoxy groups -OCH3 is 2. The Labute approximate surface area is 123 Å². The maximum Gasteiger partial charge on any atom is 0.208 e. The summed E-state index contributed by atoms with van der Waals surface area (Å²) >= 11 is 4.75. The van der Waals surface area contributed by atoms with Crippen LogP contribution in [-0.4, -0.2) is 25.0 Å². The standard InChI is InChI=1S/C13H12BrNO3S/c1-7-15-6-10(19-7)12(16)8-4-5-9(17-2)11(14)13(8)18-3/h4-6H,1-3H3. The summed E-state index contributed by atoms with van der Waals surface area (Å²) in [7, 11) is 3.09. The molecule has 100 valence electrons. The second-order valence-corrected chi connectivity index (χ2v) is 5.76. The van der Waals surface area contributed by atoms with E-state index >= 15 is 0 Å². The summed E-state index contributed by atoms with van der Waals surface area (Å²) in [6.45, 7) is 1.86. The monoisotopic (exact) mass is 341 g/mol. The Balaban J connectivity index is 2.50. The predicted octanol–water partition coefficient (Wildman–Crippen LogP) is 3.46. The van der Waals surface area contributed by atoms with E-state index < -0.39 is 0 Å². The molecule has 0 bridgehead atoms. The molecule has 0 saturated heterocycles. The maximum atomic E-state index is 12.4. The van der Waals surface area contributed by atoms with Gasteiger partial charge in [-0.1, -0.05) is 0 Å². The fourth-order valence-electron chi connectivity index (χ4n) is 1.67. The molecule has 0 fully saturated rings. The van der Waals surface area contributed by atoms with E-state index in [1.807, 2.05) is 6.92 Å². The van der Waals surface area contributed by atoms with Crippen molar-refractivity contribution < 1.29 is 14.3 Å². The van der Waals surface area contributed by atoms with Gasteiger partial charge < -0.3 is 9.47 Å². The number of nitrogens with zero attached hydrogens (tertiary/aromatic N) is 1. The van der Waals surface area contributed by atoms with Gasteiger partial charge in [-0.05, 0) is 35.0 Å². The molecule has 0 spiro atoms. The number of aromatic nitrogens is 1. The van der Waals surface area contributed by atoms with Crippen LogP contribution in [0.4, 0.5) is 0 Å². The molecule has 0 atom stereocenters. The minimum Gasteiger partial charge on any atom is -0.495 e. The van der Waals surface area contributed by atoms with Gasteiger partial charge in [0.2, 0.25) is 5.78 Å². The van der Waals surface area contributed by atoms with Crippen LogP contribution in [0, 0.1) is 6.92 Å². The average molecular weight is 342 g/mol. The number of benzene rings is 1. The molecule has 0 N–H and O–H groups in total. The average Bonchev–Trinajstić information content (AvgIpc) is 2.84. The Morgan fingerprint density at radius 3 is 2.58 bits per heavy atom. The molecule has 6 heteroatoms. The number of thiazole rings is 1. The van der Waals surface area contributed by atoms with E-state index in [4.69, 9.17) is 9.47 Å². The highest BCUT2D eigenvalue weighted by molar-refractivity contribution is 9.10. The number of carbonyl (C=O) groups is 1. The molecule has 1 heterocycles. The lowest BCUT2D eigenvalue weighted by atomic mass is 10.1. The first kappa shape index (κ1) is 14.0. The molecule has 19 heavy (non-hydrogen) atoms. The molecule has 0 unspecified atom stereocenters. The number of halogens is 1. The minimum atomic E-state index is -0.106. The number of aryl methyl sites for hydroxylation is 1. The second-order valence-electron chi connectivity index (χ2n) is 3.74. The third-order valence-electron chi connectivity index (χ3n) is 2.58. The van der Waals surface area contributed by atoms with Crippen LogP contribution in [-0.2, 0) is 0 Å². The molecule has 0 aliphatic heterocycles. The van der Waals surface area contributed by atoms with Crippen molar-refractivity contribution in [3.05, 3.63) is 38.3 Å². The Morgan fingerprint density at radius 1 is 1.32 bits per heavy atom. The Bertz CT molecular complexity index is 624. The minimum absolute atomic E-state index is 0.106. The summed E-state index contributed by atoms with van der Waals surface area (Å²) in [5.41, 5.74) is 0.485. The molecule has 0 saturated carbocycles. The van der Waals surface area contributed by atoms with Gasteiger partial charge in [-0.2, -0.15) is 0 Å². The second kappa shape index (κ2) is 5.71. The van der Waals surface area contributed by atoms with Crippen LogP contribution >= 0.6 is 27.3 Å². The van der Waals surface area contributed by atoms with E-state index in [9.17, 15) is 4.79 Å². The van der Waals surface area contributed by atoms with Crippen LogP contribution in [0.5, 0.6) is 11.5 Å². The first-order valence-electron chi connectivity index (χ1n) is 5.46. The van der Waals surface area contributed by atoms with E-state index in [-0.39, 0.29) is 5.78 Å². The third kappa shape index (κ3) is 2.64. The number of hydrogen-bond donors (Lipinski definition) is 0. The number of ether oxygens (including phenoxy) is 2. The highest BCUT2D eigenvalue weighted by Crippen LogP contribution is 2.38. The van der Waals surface area contributed by atoms with E-state index in [0.29, 0.717) is 26.4 Å². The van der Waals surface area contributed by atoms with Gasteiger partial charge >= 0.3 is 0 Å². The highest BCUT2D eigenvalue weighted by atomic mass is 79.9. The predicted molar refractivity (Wildman–Crippen MR) is 77.5 cm³/mol. The first-order chi connectivity index (χ1) is 9.08. The van der Waals surface area contributed by atoms with Gasteiger partial charge in [0.05, 0.1) is 29.7 Å². The summed E-state index contributed by atoms with van der Waals surface area (Å²) in [5.74, 6) is 0.982. The fourth-order valence-corrected chi connectivity index (χ4v) is 3.07. The van der Waals surface area contributed by atoms with Gasteiger partial charge in [0.1, 0.15) is 16.0 Å². The third-order valence-corrected chi connectivity index (χ3v) is 4.24. The molecule has 0 aliphatic rings. The van der Waals surface area contributed by atoms with Crippen molar-refractivity contribution in [1.29, 1.82) is 0 Å². The van der Waals surface area contributed by atoms with Crippen molar-refractivity contribution in [3.8, 4) is 11.5 Å². The molecule has 0 radical (unpaired) electrons. The van der Waals surface area contributed by atoms with Crippen molar-refractivity contribution in [2.75, 3.05) is 14.2 Å². The van der Waals surface area contributed by atoms with Crippen LogP contribution < -0.4 is 9.47 Å². The number of ketones is 1. The summed E-state index contributed by atoms with van der Waals surface area (Å²) in [5, 5.41) is 0.856. The van der Waals surface area contributed by atoms with Crippen molar-refractivity contribution in [1.82, 2.24) is 4.98 Å². The summed E-state index contributed by atoms with van der Waals surface area (Å²) < 4.78 is 11.1. The zero-order valence-corrected chi connectivity index (χ0v) is 13.1. The molecule has 4 nitrogen and oxygen atoms in total. The normalized spacial score (nSPS) is 10.3.